The molecule has 2 aromatic carbocycles. The fourth-order valence-electron chi connectivity index (χ4n) is 3.28. The van der Waals surface area contributed by atoms with E-state index in [0.29, 0.717) is 47.2 Å². The maximum atomic E-state index is 13.3. The van der Waals surface area contributed by atoms with Crippen LogP contribution < -0.4 is 5.32 Å². The van der Waals surface area contributed by atoms with E-state index in [-0.39, 0.29) is 11.8 Å². The van der Waals surface area contributed by atoms with Crippen molar-refractivity contribution in [1.29, 1.82) is 0 Å². The quantitative estimate of drug-likeness (QED) is 0.410. The number of ketones is 1. The molecule has 0 fully saturated rings. The van der Waals surface area contributed by atoms with Gasteiger partial charge in [0.15, 0.2) is 17.4 Å². The molecule has 0 aliphatic carbocycles. The standard InChI is InChI=1S/C24H26ClN5O/c1-5-9-17(2)26-15-22-27-28-23(16-29(3)4)30(22)21-13-12-19(25)14-20(21)24(31)18-10-7-6-8-11-18/h1,6-8,10-14,17,26H,9,15-16H2,2-4H3. The fourth-order valence-corrected chi connectivity index (χ4v) is 3.45. The molecule has 1 N–H and O–H groups in total. The number of carbonyl (C=O) groups is 1. The van der Waals surface area contributed by atoms with Gasteiger partial charge in [0.1, 0.15) is 0 Å². The SMILES string of the molecule is C#CCC(C)NCc1nnc(CN(C)C)n1-c1ccc(Cl)cc1C(=O)c1ccccc1. The molecule has 7 heteroatoms. The summed E-state index contributed by atoms with van der Waals surface area (Å²) in [6.07, 6.45) is 6.03. The monoisotopic (exact) mass is 435 g/mol. The summed E-state index contributed by atoms with van der Waals surface area (Å²) in [4.78, 5) is 15.4. The average molecular weight is 436 g/mol. The Morgan fingerprint density at radius 3 is 2.58 bits per heavy atom. The number of nitrogens with zero attached hydrogens (tertiary/aromatic N) is 4. The van der Waals surface area contributed by atoms with Crippen LogP contribution in [0.1, 0.15) is 40.9 Å². The van der Waals surface area contributed by atoms with Crippen LogP contribution in [0.3, 0.4) is 0 Å². The predicted molar refractivity (Wildman–Crippen MR) is 123 cm³/mol. The third-order valence-electron chi connectivity index (χ3n) is 4.77. The van der Waals surface area contributed by atoms with Gasteiger partial charge in [0.2, 0.25) is 0 Å². The van der Waals surface area contributed by atoms with E-state index >= 15 is 0 Å². The van der Waals surface area contributed by atoms with E-state index in [1.165, 1.54) is 0 Å². The minimum atomic E-state index is -0.109. The van der Waals surface area contributed by atoms with Crippen molar-refractivity contribution in [2.75, 3.05) is 14.1 Å². The van der Waals surface area contributed by atoms with Crippen LogP contribution in [0.2, 0.25) is 5.02 Å². The van der Waals surface area contributed by atoms with Crippen LogP contribution in [0, 0.1) is 12.3 Å². The summed E-state index contributed by atoms with van der Waals surface area (Å²) in [5.41, 5.74) is 1.79. The summed E-state index contributed by atoms with van der Waals surface area (Å²) in [7, 11) is 3.92. The number of carbonyl (C=O) groups excluding carboxylic acids is 1. The van der Waals surface area contributed by atoms with Gasteiger partial charge in [-0.15, -0.1) is 22.5 Å². The lowest BCUT2D eigenvalue weighted by atomic mass is 10.0. The Morgan fingerprint density at radius 1 is 1.19 bits per heavy atom. The largest absolute Gasteiger partial charge is 0.306 e. The second kappa shape index (κ2) is 10.4. The van der Waals surface area contributed by atoms with E-state index in [1.807, 2.05) is 54.8 Å². The van der Waals surface area contributed by atoms with Crippen molar-refractivity contribution in [2.24, 2.45) is 0 Å². The number of hydrogen-bond acceptors (Lipinski definition) is 5. The molecule has 0 spiro atoms. The van der Waals surface area contributed by atoms with Crippen molar-refractivity contribution in [3.8, 4) is 18.0 Å². The highest BCUT2D eigenvalue weighted by Crippen LogP contribution is 2.25. The highest BCUT2D eigenvalue weighted by molar-refractivity contribution is 6.31. The van der Waals surface area contributed by atoms with Crippen LogP contribution in [0.4, 0.5) is 0 Å². The molecule has 0 aliphatic rings. The van der Waals surface area contributed by atoms with Gasteiger partial charge >= 0.3 is 0 Å². The topological polar surface area (TPSA) is 63.1 Å². The first-order valence-corrected chi connectivity index (χ1v) is 10.4. The molecule has 0 bridgehead atoms. The number of terminal acetylenes is 1. The molecular weight excluding hydrogens is 410 g/mol. The second-order valence-corrected chi connectivity index (χ2v) is 8.09. The Balaban J connectivity index is 2.09. The molecule has 6 nitrogen and oxygen atoms in total. The van der Waals surface area contributed by atoms with Gasteiger partial charge in [-0.25, -0.2) is 0 Å². The number of benzene rings is 2. The average Bonchev–Trinajstić information content (AvgIpc) is 3.14. The Labute approximate surface area is 188 Å². The maximum Gasteiger partial charge on any atom is 0.195 e. The van der Waals surface area contributed by atoms with Crippen molar-refractivity contribution < 1.29 is 4.79 Å². The number of aromatic nitrogens is 3. The van der Waals surface area contributed by atoms with Crippen molar-refractivity contribution in [2.45, 2.75) is 32.5 Å². The van der Waals surface area contributed by atoms with E-state index in [4.69, 9.17) is 18.0 Å². The zero-order valence-electron chi connectivity index (χ0n) is 18.0. The lowest BCUT2D eigenvalue weighted by molar-refractivity contribution is 0.103. The second-order valence-electron chi connectivity index (χ2n) is 7.65. The number of hydrogen-bond donors (Lipinski definition) is 1. The zero-order valence-corrected chi connectivity index (χ0v) is 18.7. The van der Waals surface area contributed by atoms with E-state index < -0.39 is 0 Å². The zero-order chi connectivity index (χ0) is 22.4. The molecule has 1 atom stereocenters. The van der Waals surface area contributed by atoms with Gasteiger partial charge < -0.3 is 10.2 Å². The van der Waals surface area contributed by atoms with E-state index in [9.17, 15) is 4.79 Å². The predicted octanol–water partition coefficient (Wildman–Crippen LogP) is 3.71. The Morgan fingerprint density at radius 2 is 1.90 bits per heavy atom. The summed E-state index contributed by atoms with van der Waals surface area (Å²) in [6.45, 7) is 3.05. The Kier molecular flexibility index (Phi) is 7.59. The summed E-state index contributed by atoms with van der Waals surface area (Å²) in [5.74, 6) is 3.98. The molecule has 3 rings (SSSR count). The molecule has 1 aromatic heterocycles. The van der Waals surface area contributed by atoms with Crippen molar-refractivity contribution in [1.82, 2.24) is 25.0 Å². The number of rotatable bonds is 9. The molecule has 160 valence electrons. The lowest BCUT2D eigenvalue weighted by Gasteiger charge is -2.18. The smallest absolute Gasteiger partial charge is 0.195 e. The van der Waals surface area contributed by atoms with Crippen molar-refractivity contribution >= 4 is 17.4 Å². The van der Waals surface area contributed by atoms with E-state index in [0.717, 1.165) is 5.82 Å². The van der Waals surface area contributed by atoms with Gasteiger partial charge in [-0.2, -0.15) is 0 Å². The summed E-state index contributed by atoms with van der Waals surface area (Å²) in [5, 5.41) is 12.7. The molecule has 31 heavy (non-hydrogen) atoms. The van der Waals surface area contributed by atoms with Crippen molar-refractivity contribution in [3.05, 3.63) is 76.3 Å². The first-order chi connectivity index (χ1) is 14.9. The molecule has 0 aliphatic heterocycles. The third kappa shape index (κ3) is 5.59. The van der Waals surface area contributed by atoms with Crippen LogP contribution >= 0.6 is 11.6 Å². The summed E-state index contributed by atoms with van der Waals surface area (Å²) < 4.78 is 1.93. The molecule has 0 saturated heterocycles. The normalized spacial score (nSPS) is 12.0. The molecule has 3 aromatic rings. The summed E-state index contributed by atoms with van der Waals surface area (Å²) >= 11 is 6.28. The molecule has 1 heterocycles. The summed E-state index contributed by atoms with van der Waals surface area (Å²) in [6, 6.07) is 14.6. The van der Waals surface area contributed by atoms with Gasteiger partial charge in [-0.05, 0) is 39.2 Å². The third-order valence-corrected chi connectivity index (χ3v) is 5.00. The Bertz CT molecular complexity index is 1090. The maximum absolute atomic E-state index is 13.3. The lowest BCUT2D eigenvalue weighted by Crippen LogP contribution is -2.27. The van der Waals surface area contributed by atoms with Gasteiger partial charge in [0.25, 0.3) is 0 Å². The highest BCUT2D eigenvalue weighted by Gasteiger charge is 2.21. The first kappa shape index (κ1) is 22.7. The molecule has 0 amide bonds. The fraction of sp³-hybridized carbons (Fsp3) is 0.292. The van der Waals surface area contributed by atoms with Crippen LogP contribution in [-0.4, -0.2) is 45.6 Å². The minimum absolute atomic E-state index is 0.109. The van der Waals surface area contributed by atoms with Gasteiger partial charge in [0, 0.05) is 28.6 Å². The van der Waals surface area contributed by atoms with E-state index in [2.05, 4.69) is 21.4 Å². The van der Waals surface area contributed by atoms with E-state index in [1.54, 1.807) is 24.3 Å². The van der Waals surface area contributed by atoms with Gasteiger partial charge in [0.05, 0.1) is 18.8 Å². The highest BCUT2D eigenvalue weighted by atomic mass is 35.5. The number of halogens is 1. The minimum Gasteiger partial charge on any atom is -0.306 e. The number of nitrogens with one attached hydrogen (secondary N) is 1. The van der Waals surface area contributed by atoms with Crippen LogP contribution in [-0.2, 0) is 13.1 Å². The molecular formula is C24H26ClN5O. The van der Waals surface area contributed by atoms with Gasteiger partial charge in [-0.1, -0.05) is 41.9 Å². The molecule has 0 saturated carbocycles. The van der Waals surface area contributed by atoms with Crippen LogP contribution in [0.15, 0.2) is 48.5 Å². The van der Waals surface area contributed by atoms with Crippen molar-refractivity contribution in [3.63, 3.8) is 0 Å². The molecule has 0 radical (unpaired) electrons. The van der Waals surface area contributed by atoms with Crippen LogP contribution in [0.25, 0.3) is 5.69 Å². The van der Waals surface area contributed by atoms with Crippen LogP contribution in [0.5, 0.6) is 0 Å². The van der Waals surface area contributed by atoms with Gasteiger partial charge in [-0.3, -0.25) is 9.36 Å². The first-order valence-electron chi connectivity index (χ1n) is 10.0. The Hall–Kier alpha value is -2.98. The molecule has 1 unspecified atom stereocenters.